The fourth-order valence-electron chi connectivity index (χ4n) is 1.18. The fourth-order valence-corrected chi connectivity index (χ4v) is 1.36. The van der Waals surface area contributed by atoms with E-state index in [9.17, 15) is 0 Å². The number of halogens is 1. The maximum absolute atomic E-state index is 8.49. The van der Waals surface area contributed by atoms with E-state index in [1.54, 1.807) is 11.0 Å². The molecule has 0 radical (unpaired) electrons. The number of hydrogen-bond donors (Lipinski definition) is 0. The molecule has 0 bridgehead atoms. The molecule has 0 aliphatic heterocycles. The van der Waals surface area contributed by atoms with E-state index in [1.807, 2.05) is 6.07 Å². The van der Waals surface area contributed by atoms with Crippen molar-refractivity contribution in [2.75, 3.05) is 5.88 Å². The van der Waals surface area contributed by atoms with E-state index in [0.717, 1.165) is 38.1 Å². The minimum Gasteiger partial charge on any atom is -0.252 e. The van der Waals surface area contributed by atoms with Crippen LogP contribution < -0.4 is 0 Å². The topological polar surface area (TPSA) is 54.5 Å². The summed E-state index contributed by atoms with van der Waals surface area (Å²) in [6.07, 6.45) is 6.03. The summed E-state index contributed by atoms with van der Waals surface area (Å²) in [4.78, 5) is 3.82. The quantitative estimate of drug-likeness (QED) is 0.535. The molecule has 1 aromatic heterocycles. The molecular weight excluding hydrogens is 200 g/mol. The molecule has 0 unspecified atom stereocenters. The Morgan fingerprint density at radius 2 is 2.14 bits per heavy atom. The number of rotatable bonds is 6. The summed E-state index contributed by atoms with van der Waals surface area (Å²) in [6.45, 7) is 0.830. The van der Waals surface area contributed by atoms with E-state index in [2.05, 4.69) is 10.1 Å². The van der Waals surface area contributed by atoms with Gasteiger partial charge in [-0.25, -0.2) is 4.98 Å². The van der Waals surface area contributed by atoms with Gasteiger partial charge in [0, 0.05) is 12.4 Å². The Bertz CT molecular complexity index is 302. The standard InChI is InChI=1S/C9H13ClN4/c10-5-3-1-2-4-6-14-8-12-9(7-11)13-14/h8H,1-6H2. The first kappa shape index (κ1) is 11.0. The highest BCUT2D eigenvalue weighted by Crippen LogP contribution is 2.02. The second-order valence-electron chi connectivity index (χ2n) is 3.05. The Morgan fingerprint density at radius 1 is 1.36 bits per heavy atom. The normalized spacial score (nSPS) is 10.0. The van der Waals surface area contributed by atoms with E-state index in [-0.39, 0.29) is 5.82 Å². The van der Waals surface area contributed by atoms with Crippen molar-refractivity contribution in [1.82, 2.24) is 14.8 Å². The van der Waals surface area contributed by atoms with Gasteiger partial charge in [0.25, 0.3) is 5.82 Å². The highest BCUT2D eigenvalue weighted by Gasteiger charge is 1.97. The van der Waals surface area contributed by atoms with Gasteiger partial charge in [0.05, 0.1) is 0 Å². The first-order valence-corrected chi connectivity index (χ1v) is 5.26. The molecule has 0 aliphatic rings. The Hall–Kier alpha value is -1.08. The van der Waals surface area contributed by atoms with Gasteiger partial charge < -0.3 is 0 Å². The molecule has 0 N–H and O–H groups in total. The zero-order valence-corrected chi connectivity index (χ0v) is 8.74. The van der Waals surface area contributed by atoms with Crippen molar-refractivity contribution in [3.05, 3.63) is 12.2 Å². The van der Waals surface area contributed by atoms with Crippen LogP contribution in [0.1, 0.15) is 31.5 Å². The van der Waals surface area contributed by atoms with Gasteiger partial charge in [-0.3, -0.25) is 4.68 Å². The monoisotopic (exact) mass is 212 g/mol. The van der Waals surface area contributed by atoms with E-state index >= 15 is 0 Å². The van der Waals surface area contributed by atoms with E-state index in [1.165, 1.54) is 0 Å². The van der Waals surface area contributed by atoms with E-state index in [4.69, 9.17) is 16.9 Å². The molecule has 0 aliphatic carbocycles. The lowest BCUT2D eigenvalue weighted by molar-refractivity contribution is 0.540. The van der Waals surface area contributed by atoms with Gasteiger partial charge >= 0.3 is 0 Å². The summed E-state index contributed by atoms with van der Waals surface area (Å²) in [5.74, 6) is 0.979. The molecule has 14 heavy (non-hydrogen) atoms. The largest absolute Gasteiger partial charge is 0.252 e. The molecule has 1 heterocycles. The summed E-state index contributed by atoms with van der Waals surface area (Å²) in [7, 11) is 0. The van der Waals surface area contributed by atoms with E-state index < -0.39 is 0 Å². The Kier molecular flexibility index (Phi) is 5.02. The zero-order chi connectivity index (χ0) is 10.2. The minimum absolute atomic E-state index is 0.241. The van der Waals surface area contributed by atoms with Crippen LogP contribution in [0.15, 0.2) is 6.33 Å². The summed E-state index contributed by atoms with van der Waals surface area (Å²) >= 11 is 5.56. The predicted octanol–water partition coefficient (Wildman–Crippen LogP) is 1.95. The molecule has 1 rings (SSSR count). The third-order valence-electron chi connectivity index (χ3n) is 1.91. The van der Waals surface area contributed by atoms with Crippen LogP contribution in [0.5, 0.6) is 0 Å². The molecule has 0 atom stereocenters. The number of aromatic nitrogens is 3. The second-order valence-corrected chi connectivity index (χ2v) is 3.42. The van der Waals surface area contributed by atoms with Crippen LogP contribution in [-0.4, -0.2) is 20.6 Å². The highest BCUT2D eigenvalue weighted by molar-refractivity contribution is 6.17. The lowest BCUT2D eigenvalue weighted by Crippen LogP contribution is -1.98. The Balaban J connectivity index is 2.16. The summed E-state index contributed by atoms with van der Waals surface area (Å²) in [5.41, 5.74) is 0. The highest BCUT2D eigenvalue weighted by atomic mass is 35.5. The third-order valence-corrected chi connectivity index (χ3v) is 2.17. The van der Waals surface area contributed by atoms with Crippen LogP contribution in [0.4, 0.5) is 0 Å². The first-order chi connectivity index (χ1) is 6.86. The van der Waals surface area contributed by atoms with Gasteiger partial charge in [0.1, 0.15) is 12.4 Å². The summed E-state index contributed by atoms with van der Waals surface area (Å²) < 4.78 is 1.71. The van der Waals surface area contributed by atoms with Gasteiger partial charge in [0.15, 0.2) is 0 Å². The van der Waals surface area contributed by atoms with Crippen molar-refractivity contribution < 1.29 is 0 Å². The predicted molar refractivity (Wildman–Crippen MR) is 53.9 cm³/mol. The van der Waals surface area contributed by atoms with Gasteiger partial charge in [-0.1, -0.05) is 12.8 Å². The van der Waals surface area contributed by atoms with Crippen molar-refractivity contribution >= 4 is 11.6 Å². The number of unbranched alkanes of at least 4 members (excludes halogenated alkanes) is 3. The van der Waals surface area contributed by atoms with Crippen LogP contribution in [0.25, 0.3) is 0 Å². The number of nitrogens with zero attached hydrogens (tertiary/aromatic N) is 4. The smallest absolute Gasteiger partial charge is 0.252 e. The van der Waals surface area contributed by atoms with Gasteiger partial charge in [-0.05, 0) is 12.8 Å². The molecule has 0 saturated heterocycles. The first-order valence-electron chi connectivity index (χ1n) is 4.72. The molecule has 0 aromatic carbocycles. The maximum Gasteiger partial charge on any atom is 0.252 e. The van der Waals surface area contributed by atoms with Crippen LogP contribution >= 0.6 is 11.6 Å². The van der Waals surface area contributed by atoms with Crippen LogP contribution in [-0.2, 0) is 6.54 Å². The van der Waals surface area contributed by atoms with Gasteiger partial charge in [-0.15, -0.1) is 16.7 Å². The summed E-state index contributed by atoms with van der Waals surface area (Å²) in [5, 5.41) is 12.5. The van der Waals surface area contributed by atoms with Crippen molar-refractivity contribution in [3.8, 4) is 6.07 Å². The molecule has 4 nitrogen and oxygen atoms in total. The molecule has 0 saturated carbocycles. The molecule has 0 amide bonds. The minimum atomic E-state index is 0.241. The van der Waals surface area contributed by atoms with E-state index in [0.29, 0.717) is 0 Å². The van der Waals surface area contributed by atoms with Gasteiger partial charge in [0.2, 0.25) is 0 Å². The molecule has 76 valence electrons. The summed E-state index contributed by atoms with van der Waals surface area (Å²) in [6, 6.07) is 1.90. The maximum atomic E-state index is 8.49. The number of alkyl halides is 1. The lowest BCUT2D eigenvalue weighted by atomic mass is 10.2. The molecule has 1 aromatic rings. The SMILES string of the molecule is N#Cc1ncn(CCCCCCCl)n1. The number of nitriles is 1. The van der Waals surface area contributed by atoms with Crippen molar-refractivity contribution in [1.29, 1.82) is 5.26 Å². The number of aryl methyl sites for hydroxylation is 1. The zero-order valence-electron chi connectivity index (χ0n) is 7.99. The van der Waals surface area contributed by atoms with Crippen molar-refractivity contribution in [2.24, 2.45) is 0 Å². The molecule has 0 spiro atoms. The van der Waals surface area contributed by atoms with Crippen LogP contribution in [0, 0.1) is 11.3 Å². The lowest BCUT2D eigenvalue weighted by Gasteiger charge is -1.99. The second kappa shape index (κ2) is 6.39. The Morgan fingerprint density at radius 3 is 2.79 bits per heavy atom. The van der Waals surface area contributed by atoms with Crippen molar-refractivity contribution in [2.45, 2.75) is 32.2 Å². The molecule has 5 heteroatoms. The Labute approximate surface area is 88.5 Å². The average molecular weight is 213 g/mol. The third kappa shape index (κ3) is 3.75. The molecule has 0 fully saturated rings. The van der Waals surface area contributed by atoms with Gasteiger partial charge in [-0.2, -0.15) is 5.26 Å². The van der Waals surface area contributed by atoms with Crippen LogP contribution in [0.3, 0.4) is 0 Å². The number of hydrogen-bond acceptors (Lipinski definition) is 3. The average Bonchev–Trinajstić information content (AvgIpc) is 2.65. The molecular formula is C9H13ClN4. The van der Waals surface area contributed by atoms with Crippen LogP contribution in [0.2, 0.25) is 0 Å². The van der Waals surface area contributed by atoms with Crippen molar-refractivity contribution in [3.63, 3.8) is 0 Å². The fraction of sp³-hybridized carbons (Fsp3) is 0.667.